The Morgan fingerprint density at radius 2 is 1.86 bits per heavy atom. The maximum Gasteiger partial charge on any atom is 0.311 e. The number of hydrogen-bond acceptors (Lipinski definition) is 5. The predicted molar refractivity (Wildman–Crippen MR) is 103 cm³/mol. The number of carbonyl (C=O) groups excluding carboxylic acids is 3. The first-order chi connectivity index (χ1) is 13.4. The van der Waals surface area contributed by atoms with E-state index >= 15 is 0 Å². The summed E-state index contributed by atoms with van der Waals surface area (Å²) in [5, 5.41) is 3.21. The molecule has 144 valence electrons. The van der Waals surface area contributed by atoms with E-state index in [9.17, 15) is 14.4 Å². The minimum Gasteiger partial charge on any atom is -0.497 e. The quantitative estimate of drug-likeness (QED) is 0.616. The molecule has 7 heteroatoms. The molecule has 1 fully saturated rings. The molecule has 6 nitrogen and oxygen atoms in total. The summed E-state index contributed by atoms with van der Waals surface area (Å²) in [5.74, 6) is -2.35. The fourth-order valence-corrected chi connectivity index (χ4v) is 4.34. The molecule has 0 radical (unpaired) electrons. The summed E-state index contributed by atoms with van der Waals surface area (Å²) in [6, 6.07) is 11.6. The Labute approximate surface area is 166 Å². The molecule has 4 rings (SSSR count). The first-order valence-electron chi connectivity index (χ1n) is 8.91. The molecule has 1 heterocycles. The van der Waals surface area contributed by atoms with Gasteiger partial charge in [0, 0.05) is 16.3 Å². The summed E-state index contributed by atoms with van der Waals surface area (Å²) < 4.78 is 10.3. The Morgan fingerprint density at radius 3 is 2.50 bits per heavy atom. The standard InChI is InChI=1S/C21H18ClNO5/c1-3-28-19(25)17-16(18(24)11-4-7-13(27-2)8-5-11)21(17)14-10-12(22)6-9-15(14)23-20(21)26/h4-10,16-17H,3H2,1-2H3,(H,23,26)/t16-,17-,21+/m1/s1. The molecule has 2 aromatic carbocycles. The first-order valence-corrected chi connectivity index (χ1v) is 9.29. The van der Waals surface area contributed by atoms with E-state index in [1.165, 1.54) is 7.11 Å². The van der Waals surface area contributed by atoms with E-state index in [1.807, 2.05) is 0 Å². The normalized spacial score (nSPS) is 24.5. The Bertz CT molecular complexity index is 987. The van der Waals surface area contributed by atoms with Crippen LogP contribution in [0.3, 0.4) is 0 Å². The van der Waals surface area contributed by atoms with Gasteiger partial charge in [0.25, 0.3) is 0 Å². The monoisotopic (exact) mass is 399 g/mol. The smallest absolute Gasteiger partial charge is 0.311 e. The van der Waals surface area contributed by atoms with Gasteiger partial charge in [0.05, 0.1) is 25.6 Å². The number of benzene rings is 2. The van der Waals surface area contributed by atoms with Crippen molar-refractivity contribution >= 4 is 34.9 Å². The molecule has 3 atom stereocenters. The van der Waals surface area contributed by atoms with Gasteiger partial charge in [-0.3, -0.25) is 14.4 Å². The number of ether oxygens (including phenoxy) is 2. The number of ketones is 1. The van der Waals surface area contributed by atoms with Crippen LogP contribution in [-0.2, 0) is 19.7 Å². The van der Waals surface area contributed by atoms with Crippen molar-refractivity contribution in [3.8, 4) is 5.75 Å². The second-order valence-corrected chi connectivity index (χ2v) is 7.25. The summed E-state index contributed by atoms with van der Waals surface area (Å²) in [4.78, 5) is 38.9. The second-order valence-electron chi connectivity index (χ2n) is 6.81. The van der Waals surface area contributed by atoms with Crippen LogP contribution in [0, 0.1) is 11.8 Å². The van der Waals surface area contributed by atoms with Crippen molar-refractivity contribution in [2.45, 2.75) is 12.3 Å². The van der Waals surface area contributed by atoms with Crippen LogP contribution in [0.25, 0.3) is 0 Å². The fraction of sp³-hybridized carbons (Fsp3) is 0.286. The van der Waals surface area contributed by atoms with Gasteiger partial charge >= 0.3 is 5.97 Å². The maximum atomic E-state index is 13.3. The second kappa shape index (κ2) is 6.63. The Balaban J connectivity index is 1.79. The van der Waals surface area contributed by atoms with Gasteiger partial charge in [0.1, 0.15) is 11.2 Å². The zero-order chi connectivity index (χ0) is 20.1. The molecule has 2 aromatic rings. The van der Waals surface area contributed by atoms with E-state index < -0.39 is 23.2 Å². The number of carbonyl (C=O) groups is 3. The van der Waals surface area contributed by atoms with Crippen molar-refractivity contribution in [2.75, 3.05) is 19.0 Å². The zero-order valence-electron chi connectivity index (χ0n) is 15.3. The SMILES string of the molecule is CCOC(=O)[C@H]1[C@H](C(=O)c2ccc(OC)cc2)[C@]12C(=O)Nc1ccc(Cl)cc12. The minimum absolute atomic E-state index is 0.166. The average Bonchev–Trinajstić information content (AvgIpc) is 3.32. The molecule has 1 saturated carbocycles. The lowest BCUT2D eigenvalue weighted by Crippen LogP contribution is -2.26. The van der Waals surface area contributed by atoms with Crippen LogP contribution in [0.4, 0.5) is 5.69 Å². The van der Waals surface area contributed by atoms with Gasteiger partial charge in [-0.2, -0.15) is 0 Å². The molecule has 0 saturated heterocycles. The highest BCUT2D eigenvalue weighted by Gasteiger charge is 2.79. The number of halogens is 1. The highest BCUT2D eigenvalue weighted by molar-refractivity contribution is 6.31. The minimum atomic E-state index is -1.29. The number of esters is 1. The van der Waals surface area contributed by atoms with Gasteiger partial charge < -0.3 is 14.8 Å². The largest absolute Gasteiger partial charge is 0.497 e. The zero-order valence-corrected chi connectivity index (χ0v) is 16.1. The van der Waals surface area contributed by atoms with Crippen molar-refractivity contribution in [3.63, 3.8) is 0 Å². The summed E-state index contributed by atoms with van der Waals surface area (Å²) >= 11 is 6.14. The number of amides is 1. The molecule has 1 aliphatic carbocycles. The molecular formula is C21H18ClNO5. The van der Waals surface area contributed by atoms with Crippen LogP contribution in [0.1, 0.15) is 22.8 Å². The summed E-state index contributed by atoms with van der Waals surface area (Å²) in [7, 11) is 1.53. The van der Waals surface area contributed by atoms with Gasteiger partial charge in [-0.25, -0.2) is 0 Å². The molecular weight excluding hydrogens is 382 g/mol. The Morgan fingerprint density at radius 1 is 1.14 bits per heavy atom. The van der Waals surface area contributed by atoms with E-state index in [2.05, 4.69) is 5.32 Å². The summed E-state index contributed by atoms with van der Waals surface area (Å²) in [6.45, 7) is 1.85. The summed E-state index contributed by atoms with van der Waals surface area (Å²) in [5.41, 5.74) is 0.243. The predicted octanol–water partition coefficient (Wildman–Crippen LogP) is 3.23. The van der Waals surface area contributed by atoms with Crippen molar-refractivity contribution in [3.05, 3.63) is 58.6 Å². The molecule has 28 heavy (non-hydrogen) atoms. The van der Waals surface area contributed by atoms with Crippen LogP contribution < -0.4 is 10.1 Å². The Kier molecular flexibility index (Phi) is 4.38. The number of Topliss-reactive ketones (excluding diaryl/α,β-unsaturated/α-hetero) is 1. The lowest BCUT2D eigenvalue weighted by molar-refractivity contribution is -0.146. The Hall–Kier alpha value is -2.86. The molecule has 0 aromatic heterocycles. The van der Waals surface area contributed by atoms with E-state index in [4.69, 9.17) is 21.1 Å². The molecule has 1 amide bonds. The third-order valence-corrected chi connectivity index (χ3v) is 5.69. The number of rotatable bonds is 5. The molecule has 0 unspecified atom stereocenters. The van der Waals surface area contributed by atoms with Gasteiger partial charge in [0.2, 0.25) is 5.91 Å². The summed E-state index contributed by atoms with van der Waals surface area (Å²) in [6.07, 6.45) is 0. The van der Waals surface area contributed by atoms with Crippen LogP contribution >= 0.6 is 11.6 Å². The van der Waals surface area contributed by atoms with Gasteiger partial charge in [-0.05, 0) is 55.0 Å². The van der Waals surface area contributed by atoms with Crippen molar-refractivity contribution in [1.29, 1.82) is 0 Å². The third-order valence-electron chi connectivity index (χ3n) is 5.45. The molecule has 1 aliphatic heterocycles. The topological polar surface area (TPSA) is 81.7 Å². The van der Waals surface area contributed by atoms with Gasteiger partial charge in [0.15, 0.2) is 5.78 Å². The van der Waals surface area contributed by atoms with Crippen molar-refractivity contribution < 1.29 is 23.9 Å². The highest BCUT2D eigenvalue weighted by atomic mass is 35.5. The van der Waals surface area contributed by atoms with E-state index in [0.29, 0.717) is 27.6 Å². The fourth-order valence-electron chi connectivity index (χ4n) is 4.17. The van der Waals surface area contributed by atoms with Crippen molar-refractivity contribution in [1.82, 2.24) is 0 Å². The number of methoxy groups -OCH3 is 1. The number of anilines is 1. The molecule has 0 bridgehead atoms. The van der Waals surface area contributed by atoms with Crippen LogP contribution in [0.5, 0.6) is 5.75 Å². The highest BCUT2D eigenvalue weighted by Crippen LogP contribution is 2.66. The van der Waals surface area contributed by atoms with E-state index in [0.717, 1.165) is 0 Å². The lowest BCUT2D eigenvalue weighted by atomic mass is 9.91. The number of fused-ring (bicyclic) bond motifs is 2. The third kappa shape index (κ3) is 2.52. The first kappa shape index (κ1) is 18.5. The van der Waals surface area contributed by atoms with Crippen LogP contribution in [-0.4, -0.2) is 31.4 Å². The van der Waals surface area contributed by atoms with Gasteiger partial charge in [-0.15, -0.1) is 0 Å². The van der Waals surface area contributed by atoms with E-state index in [-0.39, 0.29) is 18.3 Å². The van der Waals surface area contributed by atoms with Gasteiger partial charge in [-0.1, -0.05) is 11.6 Å². The number of hydrogen-bond donors (Lipinski definition) is 1. The van der Waals surface area contributed by atoms with Crippen molar-refractivity contribution in [2.24, 2.45) is 11.8 Å². The molecule has 2 aliphatic rings. The van der Waals surface area contributed by atoms with E-state index in [1.54, 1.807) is 49.4 Å². The number of nitrogens with one attached hydrogen (secondary N) is 1. The molecule has 1 N–H and O–H groups in total. The van der Waals surface area contributed by atoms with Crippen LogP contribution in [0.2, 0.25) is 5.02 Å². The molecule has 1 spiro atoms. The van der Waals surface area contributed by atoms with Crippen LogP contribution in [0.15, 0.2) is 42.5 Å². The maximum absolute atomic E-state index is 13.3. The lowest BCUT2D eigenvalue weighted by Gasteiger charge is -2.09. The average molecular weight is 400 g/mol.